The summed E-state index contributed by atoms with van der Waals surface area (Å²) >= 11 is 0. The number of carbonyl (C=O) groups excluding carboxylic acids is 1. The molecule has 1 aliphatic rings. The van der Waals surface area contributed by atoms with Gasteiger partial charge in [0.1, 0.15) is 0 Å². The molecule has 1 atom stereocenters. The first-order valence-corrected chi connectivity index (χ1v) is 11.0. The molecule has 1 fully saturated rings. The third-order valence-corrected chi connectivity index (χ3v) is 5.66. The van der Waals surface area contributed by atoms with Crippen molar-refractivity contribution in [1.82, 2.24) is 29.9 Å². The Morgan fingerprint density at radius 1 is 1.30 bits per heavy atom. The van der Waals surface area contributed by atoms with Crippen molar-refractivity contribution >= 4 is 16.9 Å². The zero-order valence-electron chi connectivity index (χ0n) is 18.0. The molecule has 0 saturated carbocycles. The van der Waals surface area contributed by atoms with E-state index in [1.54, 1.807) is 0 Å². The molecule has 8 nitrogen and oxygen atoms in total. The van der Waals surface area contributed by atoms with Gasteiger partial charge in [0.15, 0.2) is 5.65 Å². The molecule has 1 amide bonds. The van der Waals surface area contributed by atoms with Crippen LogP contribution in [0.4, 0.5) is 0 Å². The standard InChI is InChI=1S/C22H30N6O2/c1-4-11-28-21-16(13-23-28)7-8-18(24-21)17-6-5-12-27(14-17)20(29)10-9-19-25-26-22(30-19)15(2)3/h7-8,13,15,17H,4-6,9-12,14H2,1-3H3. The average molecular weight is 411 g/mol. The molecule has 3 aromatic heterocycles. The second kappa shape index (κ2) is 8.93. The normalized spacial score (nSPS) is 17.2. The van der Waals surface area contributed by atoms with E-state index in [2.05, 4.69) is 34.4 Å². The Balaban J connectivity index is 1.40. The molecular formula is C22H30N6O2. The van der Waals surface area contributed by atoms with Crippen LogP contribution in [0.15, 0.2) is 22.7 Å². The highest BCUT2D eigenvalue weighted by Gasteiger charge is 2.26. The number of fused-ring (bicyclic) bond motifs is 1. The van der Waals surface area contributed by atoms with Crippen molar-refractivity contribution in [3.8, 4) is 0 Å². The number of hydrogen-bond donors (Lipinski definition) is 0. The largest absolute Gasteiger partial charge is 0.425 e. The van der Waals surface area contributed by atoms with Crippen LogP contribution in [0.2, 0.25) is 0 Å². The number of pyridine rings is 1. The lowest BCUT2D eigenvalue weighted by Crippen LogP contribution is -2.39. The zero-order valence-corrected chi connectivity index (χ0v) is 18.0. The molecule has 0 aromatic carbocycles. The van der Waals surface area contributed by atoms with Crippen molar-refractivity contribution in [2.45, 2.75) is 71.3 Å². The van der Waals surface area contributed by atoms with Crippen molar-refractivity contribution in [3.63, 3.8) is 0 Å². The fraction of sp³-hybridized carbons (Fsp3) is 0.591. The van der Waals surface area contributed by atoms with E-state index in [9.17, 15) is 4.79 Å². The van der Waals surface area contributed by atoms with Gasteiger partial charge in [0, 0.05) is 55.4 Å². The molecule has 8 heteroatoms. The molecule has 1 saturated heterocycles. The summed E-state index contributed by atoms with van der Waals surface area (Å²) in [6.45, 7) is 8.53. The minimum atomic E-state index is 0.140. The maximum atomic E-state index is 12.8. The summed E-state index contributed by atoms with van der Waals surface area (Å²) in [6.07, 6.45) is 5.81. The molecule has 0 spiro atoms. The second-order valence-electron chi connectivity index (χ2n) is 8.38. The quantitative estimate of drug-likeness (QED) is 0.590. The Morgan fingerprint density at radius 3 is 2.93 bits per heavy atom. The van der Waals surface area contributed by atoms with Crippen LogP contribution in [0.3, 0.4) is 0 Å². The minimum absolute atomic E-state index is 0.140. The summed E-state index contributed by atoms with van der Waals surface area (Å²) in [5.41, 5.74) is 1.99. The number of likely N-dealkylation sites (tertiary alicyclic amines) is 1. The van der Waals surface area contributed by atoms with Gasteiger partial charge in [-0.15, -0.1) is 10.2 Å². The van der Waals surface area contributed by atoms with Gasteiger partial charge >= 0.3 is 0 Å². The highest BCUT2D eigenvalue weighted by molar-refractivity contribution is 5.77. The van der Waals surface area contributed by atoms with Crippen LogP contribution < -0.4 is 0 Å². The number of carbonyl (C=O) groups is 1. The van der Waals surface area contributed by atoms with E-state index in [0.717, 1.165) is 49.1 Å². The van der Waals surface area contributed by atoms with Crippen molar-refractivity contribution in [2.75, 3.05) is 13.1 Å². The highest BCUT2D eigenvalue weighted by Crippen LogP contribution is 2.27. The van der Waals surface area contributed by atoms with Crippen LogP contribution in [-0.2, 0) is 17.8 Å². The van der Waals surface area contributed by atoms with Gasteiger partial charge in [-0.3, -0.25) is 4.79 Å². The molecule has 160 valence electrons. The third kappa shape index (κ3) is 4.37. The van der Waals surface area contributed by atoms with Crippen molar-refractivity contribution < 1.29 is 9.21 Å². The van der Waals surface area contributed by atoms with Gasteiger partial charge < -0.3 is 9.32 Å². The predicted octanol–water partition coefficient (Wildman–Crippen LogP) is 3.69. The van der Waals surface area contributed by atoms with Crippen molar-refractivity contribution in [2.24, 2.45) is 0 Å². The van der Waals surface area contributed by atoms with Gasteiger partial charge in [-0.05, 0) is 31.4 Å². The SMILES string of the molecule is CCCn1ncc2ccc(C3CCCN(C(=O)CCc4nnc(C(C)C)o4)C3)nc21. The minimum Gasteiger partial charge on any atom is -0.425 e. The van der Waals surface area contributed by atoms with Crippen LogP contribution in [0, 0.1) is 0 Å². The van der Waals surface area contributed by atoms with E-state index < -0.39 is 0 Å². The Bertz CT molecular complexity index is 1010. The molecule has 0 radical (unpaired) electrons. The maximum Gasteiger partial charge on any atom is 0.223 e. The molecule has 30 heavy (non-hydrogen) atoms. The fourth-order valence-corrected chi connectivity index (χ4v) is 3.99. The first-order chi connectivity index (χ1) is 14.5. The number of aromatic nitrogens is 5. The average Bonchev–Trinajstić information content (AvgIpc) is 3.39. The van der Waals surface area contributed by atoms with Gasteiger partial charge in [0.2, 0.25) is 17.7 Å². The molecule has 1 aliphatic heterocycles. The Morgan fingerprint density at radius 2 is 2.17 bits per heavy atom. The summed E-state index contributed by atoms with van der Waals surface area (Å²) in [6, 6.07) is 4.18. The van der Waals surface area contributed by atoms with Crippen LogP contribution in [-0.4, -0.2) is 48.9 Å². The molecule has 0 aliphatic carbocycles. The summed E-state index contributed by atoms with van der Waals surface area (Å²) in [5.74, 6) is 1.76. The van der Waals surface area contributed by atoms with Crippen molar-refractivity contribution in [1.29, 1.82) is 0 Å². The van der Waals surface area contributed by atoms with Crippen LogP contribution in [0.1, 0.15) is 75.8 Å². The molecule has 3 aromatic rings. The maximum absolute atomic E-state index is 12.8. The second-order valence-corrected chi connectivity index (χ2v) is 8.38. The Labute approximate surface area is 176 Å². The lowest BCUT2D eigenvalue weighted by molar-refractivity contribution is -0.132. The number of aryl methyl sites for hydroxylation is 2. The van der Waals surface area contributed by atoms with E-state index in [0.29, 0.717) is 31.2 Å². The fourth-order valence-electron chi connectivity index (χ4n) is 3.99. The third-order valence-electron chi connectivity index (χ3n) is 5.66. The number of amides is 1. The summed E-state index contributed by atoms with van der Waals surface area (Å²) < 4.78 is 7.60. The van der Waals surface area contributed by atoms with Gasteiger partial charge in [-0.1, -0.05) is 20.8 Å². The molecule has 1 unspecified atom stereocenters. The van der Waals surface area contributed by atoms with E-state index in [-0.39, 0.29) is 17.7 Å². The number of nitrogens with zero attached hydrogens (tertiary/aromatic N) is 6. The van der Waals surface area contributed by atoms with Crippen molar-refractivity contribution in [3.05, 3.63) is 35.8 Å². The van der Waals surface area contributed by atoms with Gasteiger partial charge in [-0.2, -0.15) is 5.10 Å². The smallest absolute Gasteiger partial charge is 0.223 e. The summed E-state index contributed by atoms with van der Waals surface area (Å²) in [4.78, 5) is 19.7. The number of piperidine rings is 1. The molecule has 4 heterocycles. The van der Waals surface area contributed by atoms with E-state index >= 15 is 0 Å². The van der Waals surface area contributed by atoms with Gasteiger partial charge in [0.05, 0.1) is 6.20 Å². The summed E-state index contributed by atoms with van der Waals surface area (Å²) in [5, 5.41) is 13.6. The number of rotatable bonds is 7. The Kier molecular flexibility index (Phi) is 6.11. The Hall–Kier alpha value is -2.77. The van der Waals surface area contributed by atoms with Gasteiger partial charge in [0.25, 0.3) is 0 Å². The first-order valence-electron chi connectivity index (χ1n) is 11.0. The lowest BCUT2D eigenvalue weighted by atomic mass is 9.94. The predicted molar refractivity (Wildman–Crippen MR) is 113 cm³/mol. The van der Waals surface area contributed by atoms with E-state index in [1.165, 1.54) is 0 Å². The monoisotopic (exact) mass is 410 g/mol. The number of hydrogen-bond acceptors (Lipinski definition) is 6. The van der Waals surface area contributed by atoms with Crippen LogP contribution in [0.5, 0.6) is 0 Å². The zero-order chi connectivity index (χ0) is 21.1. The van der Waals surface area contributed by atoms with Crippen LogP contribution >= 0.6 is 0 Å². The molecule has 0 bridgehead atoms. The first kappa shape index (κ1) is 20.5. The molecular weight excluding hydrogens is 380 g/mol. The molecule has 4 rings (SSSR count). The molecule has 0 N–H and O–H groups in total. The van der Waals surface area contributed by atoms with E-state index in [1.807, 2.05) is 29.6 Å². The van der Waals surface area contributed by atoms with Crippen LogP contribution in [0.25, 0.3) is 11.0 Å². The topological polar surface area (TPSA) is 89.9 Å². The highest BCUT2D eigenvalue weighted by atomic mass is 16.4. The van der Waals surface area contributed by atoms with E-state index in [4.69, 9.17) is 9.40 Å². The lowest BCUT2D eigenvalue weighted by Gasteiger charge is -2.32. The van der Waals surface area contributed by atoms with Gasteiger partial charge in [-0.25, -0.2) is 9.67 Å². The summed E-state index contributed by atoms with van der Waals surface area (Å²) in [7, 11) is 0.